The second-order valence-corrected chi connectivity index (χ2v) is 4.57. The van der Waals surface area contributed by atoms with Crippen molar-refractivity contribution in [1.29, 1.82) is 0 Å². The van der Waals surface area contributed by atoms with Gasteiger partial charge in [-0.2, -0.15) is 0 Å². The molecule has 0 saturated heterocycles. The van der Waals surface area contributed by atoms with Gasteiger partial charge in [0.2, 0.25) is 6.21 Å². The van der Waals surface area contributed by atoms with Gasteiger partial charge in [0.15, 0.2) is 0 Å². The number of benzene rings is 1. The van der Waals surface area contributed by atoms with Crippen molar-refractivity contribution in [1.82, 2.24) is 0 Å². The lowest BCUT2D eigenvalue weighted by Crippen LogP contribution is -2.29. The summed E-state index contributed by atoms with van der Waals surface area (Å²) in [7, 11) is 1.65. The SMILES string of the molecule is CCC[C@@H]1C[C@@H](c2ccc(OC)cc2)C=[N+]([O-])O1. The standard InChI is InChI=1S/C14H19NO3/c1-3-4-14-9-12(10-15(16)18-14)11-5-7-13(17-2)8-6-11/h5-8,10,12,14H,3-4,9H2,1-2H3/t12-,14-/m1/s1. The molecule has 1 aliphatic heterocycles. The van der Waals surface area contributed by atoms with E-state index in [1.54, 1.807) is 13.3 Å². The van der Waals surface area contributed by atoms with Crippen molar-refractivity contribution < 1.29 is 14.5 Å². The highest BCUT2D eigenvalue weighted by atomic mass is 16.9. The predicted molar refractivity (Wildman–Crippen MR) is 69.8 cm³/mol. The summed E-state index contributed by atoms with van der Waals surface area (Å²) in [6, 6.07) is 7.84. The third kappa shape index (κ3) is 2.94. The van der Waals surface area contributed by atoms with E-state index in [0.29, 0.717) is 4.90 Å². The van der Waals surface area contributed by atoms with Gasteiger partial charge in [-0.15, -0.1) is 0 Å². The second kappa shape index (κ2) is 5.76. The molecular weight excluding hydrogens is 230 g/mol. The summed E-state index contributed by atoms with van der Waals surface area (Å²) in [6.45, 7) is 2.10. The molecule has 1 heterocycles. The van der Waals surface area contributed by atoms with Crippen molar-refractivity contribution in [3.63, 3.8) is 0 Å². The molecule has 1 aliphatic rings. The topological polar surface area (TPSA) is 44.5 Å². The zero-order valence-electron chi connectivity index (χ0n) is 10.8. The van der Waals surface area contributed by atoms with Crippen molar-refractivity contribution in [2.24, 2.45) is 0 Å². The van der Waals surface area contributed by atoms with Crippen LogP contribution in [0.2, 0.25) is 0 Å². The first kappa shape index (κ1) is 12.7. The Hall–Kier alpha value is -1.71. The van der Waals surface area contributed by atoms with Gasteiger partial charge in [-0.05, 0) is 30.5 Å². The van der Waals surface area contributed by atoms with Crippen LogP contribution in [0.3, 0.4) is 0 Å². The van der Waals surface area contributed by atoms with Gasteiger partial charge in [-0.1, -0.05) is 25.5 Å². The maximum absolute atomic E-state index is 11.5. The summed E-state index contributed by atoms with van der Waals surface area (Å²) < 4.78 is 5.13. The Morgan fingerprint density at radius 3 is 2.72 bits per heavy atom. The fourth-order valence-corrected chi connectivity index (χ4v) is 2.28. The Morgan fingerprint density at radius 1 is 1.39 bits per heavy atom. The lowest BCUT2D eigenvalue weighted by Gasteiger charge is -2.26. The van der Waals surface area contributed by atoms with Crippen LogP contribution < -0.4 is 4.74 Å². The van der Waals surface area contributed by atoms with E-state index < -0.39 is 0 Å². The molecule has 0 fully saturated rings. The molecule has 0 N–H and O–H groups in total. The van der Waals surface area contributed by atoms with Crippen LogP contribution in [-0.2, 0) is 4.84 Å². The smallest absolute Gasteiger partial charge is 0.217 e. The molecule has 1 aromatic carbocycles. The number of nitrogens with zero attached hydrogens (tertiary/aromatic N) is 1. The summed E-state index contributed by atoms with van der Waals surface area (Å²) in [5.74, 6) is 0.952. The molecule has 2 rings (SSSR count). The zero-order chi connectivity index (χ0) is 13.0. The molecule has 4 heteroatoms. The predicted octanol–water partition coefficient (Wildman–Crippen LogP) is 2.86. The zero-order valence-corrected chi connectivity index (χ0v) is 10.8. The fraction of sp³-hybridized carbons (Fsp3) is 0.500. The van der Waals surface area contributed by atoms with Crippen molar-refractivity contribution >= 4 is 6.21 Å². The van der Waals surface area contributed by atoms with Crippen LogP contribution in [0.15, 0.2) is 24.3 Å². The Kier molecular flexibility index (Phi) is 4.07. The number of methoxy groups -OCH3 is 1. The molecule has 1 aromatic rings. The largest absolute Gasteiger partial charge is 0.497 e. The van der Waals surface area contributed by atoms with Gasteiger partial charge >= 0.3 is 0 Å². The first-order valence-corrected chi connectivity index (χ1v) is 6.35. The van der Waals surface area contributed by atoms with Gasteiger partial charge in [0.1, 0.15) is 5.75 Å². The highest BCUT2D eigenvalue weighted by Crippen LogP contribution is 2.27. The lowest BCUT2D eigenvalue weighted by atomic mass is 9.92. The van der Waals surface area contributed by atoms with E-state index in [0.717, 1.165) is 30.6 Å². The van der Waals surface area contributed by atoms with Crippen molar-refractivity contribution in [3.05, 3.63) is 35.0 Å². The van der Waals surface area contributed by atoms with Gasteiger partial charge in [0.25, 0.3) is 0 Å². The third-order valence-electron chi connectivity index (χ3n) is 3.23. The number of hydrogen-bond donors (Lipinski definition) is 0. The molecule has 98 valence electrons. The normalized spacial score (nSPS) is 23.1. The van der Waals surface area contributed by atoms with E-state index in [1.807, 2.05) is 24.3 Å². The van der Waals surface area contributed by atoms with Crippen LogP contribution in [0, 0.1) is 5.21 Å². The minimum Gasteiger partial charge on any atom is -0.497 e. The highest BCUT2D eigenvalue weighted by Gasteiger charge is 2.25. The molecule has 2 atom stereocenters. The summed E-state index contributed by atoms with van der Waals surface area (Å²) in [5.41, 5.74) is 1.13. The lowest BCUT2D eigenvalue weighted by molar-refractivity contribution is -0.755. The van der Waals surface area contributed by atoms with E-state index >= 15 is 0 Å². The second-order valence-electron chi connectivity index (χ2n) is 4.57. The third-order valence-corrected chi connectivity index (χ3v) is 3.23. The van der Waals surface area contributed by atoms with Gasteiger partial charge in [-0.25, -0.2) is 0 Å². The highest BCUT2D eigenvalue weighted by molar-refractivity contribution is 5.63. The van der Waals surface area contributed by atoms with Crippen LogP contribution in [0.5, 0.6) is 5.75 Å². The Balaban J connectivity index is 2.13. The molecule has 0 unspecified atom stereocenters. The molecule has 4 nitrogen and oxygen atoms in total. The number of ether oxygens (including phenoxy) is 1. The summed E-state index contributed by atoms with van der Waals surface area (Å²) in [5, 5.41) is 11.5. The maximum Gasteiger partial charge on any atom is 0.217 e. The van der Waals surface area contributed by atoms with E-state index in [1.165, 1.54) is 0 Å². The van der Waals surface area contributed by atoms with E-state index in [9.17, 15) is 5.21 Å². The van der Waals surface area contributed by atoms with Gasteiger partial charge in [0, 0.05) is 4.90 Å². The molecule has 0 aromatic heterocycles. The van der Waals surface area contributed by atoms with Gasteiger partial charge in [0.05, 0.1) is 19.1 Å². The van der Waals surface area contributed by atoms with Crippen LogP contribution in [-0.4, -0.2) is 24.3 Å². The van der Waals surface area contributed by atoms with Gasteiger partial charge < -0.3 is 9.57 Å². The Morgan fingerprint density at radius 2 is 2.11 bits per heavy atom. The summed E-state index contributed by atoms with van der Waals surface area (Å²) >= 11 is 0. The van der Waals surface area contributed by atoms with E-state index in [2.05, 4.69) is 6.92 Å². The molecule has 0 aliphatic carbocycles. The Labute approximate surface area is 107 Å². The van der Waals surface area contributed by atoms with Crippen molar-refractivity contribution in [2.75, 3.05) is 7.11 Å². The van der Waals surface area contributed by atoms with Crippen LogP contribution in [0.1, 0.15) is 37.7 Å². The van der Waals surface area contributed by atoms with E-state index in [-0.39, 0.29) is 12.0 Å². The molecular formula is C14H19NO3. The minimum absolute atomic E-state index is 0.0181. The Bertz CT molecular complexity index is 414. The van der Waals surface area contributed by atoms with Crippen LogP contribution in [0.25, 0.3) is 0 Å². The number of rotatable bonds is 4. The average Bonchev–Trinajstić information content (AvgIpc) is 2.38. The molecule has 0 radical (unpaired) electrons. The molecule has 0 saturated carbocycles. The summed E-state index contributed by atoms with van der Waals surface area (Å²) in [4.78, 5) is 5.83. The monoisotopic (exact) mass is 249 g/mol. The van der Waals surface area contributed by atoms with Crippen LogP contribution in [0.4, 0.5) is 0 Å². The first-order chi connectivity index (χ1) is 8.72. The average molecular weight is 249 g/mol. The quantitative estimate of drug-likeness (QED) is 0.771. The van der Waals surface area contributed by atoms with Crippen LogP contribution >= 0.6 is 0 Å². The fourth-order valence-electron chi connectivity index (χ4n) is 2.28. The first-order valence-electron chi connectivity index (χ1n) is 6.35. The minimum atomic E-state index is 0.0181. The molecule has 18 heavy (non-hydrogen) atoms. The maximum atomic E-state index is 11.5. The van der Waals surface area contributed by atoms with Gasteiger partial charge in [-0.3, -0.25) is 5.21 Å². The molecule has 0 spiro atoms. The number of hydrogen-bond acceptors (Lipinski definition) is 3. The molecule has 0 bridgehead atoms. The molecule has 0 amide bonds. The van der Waals surface area contributed by atoms with E-state index in [4.69, 9.17) is 9.57 Å². The van der Waals surface area contributed by atoms with Crippen molar-refractivity contribution in [3.8, 4) is 5.75 Å². The summed E-state index contributed by atoms with van der Waals surface area (Å²) in [6.07, 6.45) is 4.41. The van der Waals surface area contributed by atoms with Crippen molar-refractivity contribution in [2.45, 2.75) is 38.2 Å².